The molecule has 20 heavy (non-hydrogen) atoms. The van der Waals surface area contributed by atoms with Crippen LogP contribution < -0.4 is 11.1 Å². The van der Waals surface area contributed by atoms with Crippen molar-refractivity contribution in [2.45, 2.75) is 13.2 Å². The second kappa shape index (κ2) is 5.93. The zero-order chi connectivity index (χ0) is 14.5. The number of carbonyl (C=O) groups is 2. The van der Waals surface area contributed by atoms with Gasteiger partial charge in [-0.2, -0.15) is 0 Å². The van der Waals surface area contributed by atoms with Gasteiger partial charge in [0.05, 0.1) is 24.1 Å². The third kappa shape index (κ3) is 3.18. The van der Waals surface area contributed by atoms with Crippen molar-refractivity contribution in [3.05, 3.63) is 41.7 Å². The molecule has 0 aliphatic rings. The lowest BCUT2D eigenvalue weighted by molar-refractivity contribution is -0.116. The number of amides is 2. The van der Waals surface area contributed by atoms with Gasteiger partial charge in [-0.15, -0.1) is 5.10 Å². The van der Waals surface area contributed by atoms with Crippen molar-refractivity contribution in [2.75, 3.05) is 5.32 Å². The van der Waals surface area contributed by atoms with Crippen molar-refractivity contribution in [1.82, 2.24) is 15.0 Å². The number of para-hydroxylation sites is 1. The lowest BCUT2D eigenvalue weighted by atomic mass is 10.1. The van der Waals surface area contributed by atoms with E-state index in [1.807, 2.05) is 0 Å². The van der Waals surface area contributed by atoms with Gasteiger partial charge in [-0.05, 0) is 12.1 Å². The Balaban J connectivity index is 2.06. The number of benzene rings is 1. The van der Waals surface area contributed by atoms with E-state index in [9.17, 15) is 9.59 Å². The molecule has 8 heteroatoms. The maximum absolute atomic E-state index is 11.8. The van der Waals surface area contributed by atoms with Crippen LogP contribution in [0.3, 0.4) is 0 Å². The Morgan fingerprint density at radius 3 is 2.75 bits per heavy atom. The fourth-order valence-corrected chi connectivity index (χ4v) is 1.63. The second-order valence-electron chi connectivity index (χ2n) is 4.02. The van der Waals surface area contributed by atoms with Gasteiger partial charge in [0, 0.05) is 0 Å². The van der Waals surface area contributed by atoms with Gasteiger partial charge < -0.3 is 16.2 Å². The highest BCUT2D eigenvalue weighted by molar-refractivity contribution is 6.02. The minimum atomic E-state index is -0.621. The van der Waals surface area contributed by atoms with E-state index in [2.05, 4.69) is 15.6 Å². The molecule has 2 aromatic rings. The highest BCUT2D eigenvalue weighted by Gasteiger charge is 2.11. The van der Waals surface area contributed by atoms with Crippen LogP contribution in [0.1, 0.15) is 16.1 Å². The summed E-state index contributed by atoms with van der Waals surface area (Å²) in [5.41, 5.74) is 6.16. The number of hydrogen-bond acceptors (Lipinski definition) is 5. The molecule has 0 saturated carbocycles. The van der Waals surface area contributed by atoms with E-state index in [4.69, 9.17) is 10.8 Å². The molecular weight excluding hydrogens is 262 g/mol. The number of nitrogens with zero attached hydrogens (tertiary/aromatic N) is 3. The number of hydrogen-bond donors (Lipinski definition) is 3. The number of anilines is 1. The Hall–Kier alpha value is -2.74. The van der Waals surface area contributed by atoms with Crippen molar-refractivity contribution in [1.29, 1.82) is 0 Å². The monoisotopic (exact) mass is 275 g/mol. The second-order valence-corrected chi connectivity index (χ2v) is 4.02. The molecule has 4 N–H and O–H groups in total. The zero-order valence-electron chi connectivity index (χ0n) is 10.5. The Morgan fingerprint density at radius 2 is 2.10 bits per heavy atom. The van der Waals surface area contributed by atoms with E-state index in [-0.39, 0.29) is 24.6 Å². The molecule has 0 bridgehead atoms. The summed E-state index contributed by atoms with van der Waals surface area (Å²) < 4.78 is 1.29. The zero-order valence-corrected chi connectivity index (χ0v) is 10.5. The smallest absolute Gasteiger partial charge is 0.250 e. The minimum absolute atomic E-state index is 0.0832. The van der Waals surface area contributed by atoms with Gasteiger partial charge in [0.25, 0.3) is 5.91 Å². The summed E-state index contributed by atoms with van der Waals surface area (Å²) in [6, 6.07) is 6.44. The van der Waals surface area contributed by atoms with Crippen molar-refractivity contribution < 1.29 is 14.7 Å². The summed E-state index contributed by atoms with van der Waals surface area (Å²) in [6.07, 6.45) is 1.46. The Labute approximate surface area is 114 Å². The number of carbonyl (C=O) groups excluding carboxylic acids is 2. The average Bonchev–Trinajstić information content (AvgIpc) is 2.86. The highest BCUT2D eigenvalue weighted by Crippen LogP contribution is 2.14. The third-order valence-corrected chi connectivity index (χ3v) is 2.52. The fourth-order valence-electron chi connectivity index (χ4n) is 1.63. The maximum Gasteiger partial charge on any atom is 0.250 e. The minimum Gasteiger partial charge on any atom is -0.390 e. The van der Waals surface area contributed by atoms with E-state index in [0.717, 1.165) is 0 Å². The number of nitrogens with two attached hydrogens (primary N) is 1. The van der Waals surface area contributed by atoms with Gasteiger partial charge in [0.1, 0.15) is 12.2 Å². The number of nitrogens with one attached hydrogen (secondary N) is 1. The molecule has 1 aromatic heterocycles. The summed E-state index contributed by atoms with van der Waals surface area (Å²) in [5.74, 6) is -1.00. The summed E-state index contributed by atoms with van der Waals surface area (Å²) >= 11 is 0. The molecular formula is C12H13N5O3. The van der Waals surface area contributed by atoms with Crippen LogP contribution >= 0.6 is 0 Å². The van der Waals surface area contributed by atoms with E-state index < -0.39 is 5.91 Å². The molecule has 8 nitrogen and oxygen atoms in total. The maximum atomic E-state index is 11.8. The van der Waals surface area contributed by atoms with Gasteiger partial charge in [-0.25, -0.2) is 4.68 Å². The van der Waals surface area contributed by atoms with Crippen molar-refractivity contribution in [3.8, 4) is 0 Å². The third-order valence-electron chi connectivity index (χ3n) is 2.52. The van der Waals surface area contributed by atoms with Gasteiger partial charge >= 0.3 is 0 Å². The molecule has 0 saturated heterocycles. The summed E-state index contributed by atoms with van der Waals surface area (Å²) in [6.45, 7) is -0.327. The number of aliphatic hydroxyl groups is 1. The van der Waals surface area contributed by atoms with E-state index in [0.29, 0.717) is 11.4 Å². The molecule has 0 atom stereocenters. The number of rotatable bonds is 5. The first-order chi connectivity index (χ1) is 9.60. The molecule has 0 fully saturated rings. The molecule has 1 aromatic carbocycles. The van der Waals surface area contributed by atoms with Crippen LogP contribution in [0.25, 0.3) is 0 Å². The Kier molecular flexibility index (Phi) is 4.06. The van der Waals surface area contributed by atoms with Crippen LogP contribution in [0.15, 0.2) is 30.5 Å². The molecule has 0 aliphatic carbocycles. The number of aromatic nitrogens is 3. The Bertz CT molecular complexity index is 638. The van der Waals surface area contributed by atoms with Crippen LogP contribution in [0.5, 0.6) is 0 Å². The van der Waals surface area contributed by atoms with E-state index in [1.54, 1.807) is 18.2 Å². The largest absolute Gasteiger partial charge is 0.390 e. The quantitative estimate of drug-likeness (QED) is 0.679. The lowest BCUT2D eigenvalue weighted by Gasteiger charge is -2.08. The van der Waals surface area contributed by atoms with Gasteiger partial charge in [0.2, 0.25) is 5.91 Å². The fraction of sp³-hybridized carbons (Fsp3) is 0.167. The molecule has 0 unspecified atom stereocenters. The lowest BCUT2D eigenvalue weighted by Crippen LogP contribution is -2.22. The molecule has 104 valence electrons. The van der Waals surface area contributed by atoms with Crippen molar-refractivity contribution in [2.24, 2.45) is 5.73 Å². The summed E-state index contributed by atoms with van der Waals surface area (Å²) in [4.78, 5) is 23.1. The first-order valence-corrected chi connectivity index (χ1v) is 5.78. The standard InChI is InChI=1S/C12H13N5O3/c13-12(20)9-3-1-2-4-10(9)14-11(19)6-17-5-8(7-18)15-16-17/h1-5,18H,6-7H2,(H2,13,20)(H,14,19). The summed E-state index contributed by atoms with van der Waals surface area (Å²) in [5, 5.41) is 18.8. The van der Waals surface area contributed by atoms with Crippen LogP contribution in [0.4, 0.5) is 5.69 Å². The molecule has 0 spiro atoms. The first kappa shape index (κ1) is 13.7. The van der Waals surface area contributed by atoms with Gasteiger partial charge in [0.15, 0.2) is 0 Å². The first-order valence-electron chi connectivity index (χ1n) is 5.78. The summed E-state index contributed by atoms with van der Waals surface area (Å²) in [7, 11) is 0. The van der Waals surface area contributed by atoms with Gasteiger partial charge in [-0.3, -0.25) is 9.59 Å². The molecule has 0 aliphatic heterocycles. The SMILES string of the molecule is NC(=O)c1ccccc1NC(=O)Cn1cc(CO)nn1. The topological polar surface area (TPSA) is 123 Å². The van der Waals surface area contributed by atoms with Crippen LogP contribution in [0.2, 0.25) is 0 Å². The normalized spacial score (nSPS) is 10.2. The molecule has 2 amide bonds. The average molecular weight is 275 g/mol. The number of primary amides is 1. The van der Waals surface area contributed by atoms with Crippen LogP contribution in [-0.2, 0) is 17.9 Å². The predicted octanol–water partition coefficient (Wildman–Crippen LogP) is -0.492. The molecule has 1 heterocycles. The van der Waals surface area contributed by atoms with Crippen LogP contribution in [-0.4, -0.2) is 31.9 Å². The van der Waals surface area contributed by atoms with Crippen molar-refractivity contribution >= 4 is 17.5 Å². The highest BCUT2D eigenvalue weighted by atomic mass is 16.3. The Morgan fingerprint density at radius 1 is 1.35 bits per heavy atom. The van der Waals surface area contributed by atoms with E-state index >= 15 is 0 Å². The van der Waals surface area contributed by atoms with E-state index in [1.165, 1.54) is 16.9 Å². The van der Waals surface area contributed by atoms with Crippen LogP contribution in [0, 0.1) is 0 Å². The molecule has 2 rings (SSSR count). The predicted molar refractivity (Wildman–Crippen MR) is 69.5 cm³/mol. The number of aliphatic hydroxyl groups excluding tert-OH is 1. The van der Waals surface area contributed by atoms with Gasteiger partial charge in [-0.1, -0.05) is 17.3 Å². The van der Waals surface area contributed by atoms with Crippen molar-refractivity contribution in [3.63, 3.8) is 0 Å². The molecule has 0 radical (unpaired) electrons.